The fourth-order valence-electron chi connectivity index (χ4n) is 3.97. The number of carbonyl (C=O) groups is 1. The summed E-state index contributed by atoms with van der Waals surface area (Å²) in [4.78, 5) is 35.2. The van der Waals surface area contributed by atoms with Crippen LogP contribution in [0.2, 0.25) is 0 Å². The predicted octanol–water partition coefficient (Wildman–Crippen LogP) is 3.82. The molecule has 6 heteroatoms. The molecule has 6 nitrogen and oxygen atoms in total. The summed E-state index contributed by atoms with van der Waals surface area (Å²) >= 11 is 0. The standard InChI is InChI=1S/C25H21N3O3/c29-23-19-10-4-5-11-20(19)31-24(18-8-2-1-3-9-18)22(23)25(30)28-16-14-27(15-17-28)21-12-6-7-13-26-21/h1-13H,14-17H2. The summed E-state index contributed by atoms with van der Waals surface area (Å²) in [5.41, 5.74) is 0.984. The molecule has 0 unspecified atom stereocenters. The van der Waals surface area contributed by atoms with Gasteiger partial charge in [0, 0.05) is 37.9 Å². The summed E-state index contributed by atoms with van der Waals surface area (Å²) in [7, 11) is 0. The molecule has 1 aliphatic heterocycles. The summed E-state index contributed by atoms with van der Waals surface area (Å²) in [5, 5.41) is 0.414. The summed E-state index contributed by atoms with van der Waals surface area (Å²) in [6.45, 7) is 2.33. The van der Waals surface area contributed by atoms with Crippen LogP contribution >= 0.6 is 0 Å². The van der Waals surface area contributed by atoms with Crippen molar-refractivity contribution in [3.05, 3.63) is 94.8 Å². The molecule has 4 aromatic rings. The van der Waals surface area contributed by atoms with E-state index in [0.29, 0.717) is 48.5 Å². The maximum atomic E-state index is 13.5. The fourth-order valence-corrected chi connectivity index (χ4v) is 3.97. The highest BCUT2D eigenvalue weighted by Gasteiger charge is 2.29. The third-order valence-electron chi connectivity index (χ3n) is 5.59. The molecule has 0 saturated carbocycles. The Bertz CT molecular complexity index is 1280. The van der Waals surface area contributed by atoms with E-state index < -0.39 is 0 Å². The molecular formula is C25H21N3O3. The minimum atomic E-state index is -0.294. The largest absolute Gasteiger partial charge is 0.455 e. The normalized spacial score (nSPS) is 14.1. The van der Waals surface area contributed by atoms with Gasteiger partial charge in [-0.3, -0.25) is 9.59 Å². The highest BCUT2D eigenvalue weighted by atomic mass is 16.3. The molecule has 1 fully saturated rings. The van der Waals surface area contributed by atoms with Gasteiger partial charge in [0.1, 0.15) is 17.0 Å². The maximum absolute atomic E-state index is 13.5. The van der Waals surface area contributed by atoms with E-state index in [4.69, 9.17) is 4.42 Å². The van der Waals surface area contributed by atoms with Crippen molar-refractivity contribution < 1.29 is 9.21 Å². The van der Waals surface area contributed by atoms with Crippen LogP contribution in [0.1, 0.15) is 10.4 Å². The van der Waals surface area contributed by atoms with Crippen LogP contribution in [0.25, 0.3) is 22.3 Å². The van der Waals surface area contributed by atoms with Gasteiger partial charge >= 0.3 is 0 Å². The van der Waals surface area contributed by atoms with Crippen molar-refractivity contribution in [2.75, 3.05) is 31.1 Å². The molecule has 0 bridgehead atoms. The van der Waals surface area contributed by atoms with Crippen molar-refractivity contribution in [3.63, 3.8) is 0 Å². The molecule has 1 aliphatic rings. The van der Waals surface area contributed by atoms with E-state index >= 15 is 0 Å². The Hall–Kier alpha value is -3.93. The zero-order chi connectivity index (χ0) is 21.2. The predicted molar refractivity (Wildman–Crippen MR) is 120 cm³/mol. The third kappa shape index (κ3) is 3.57. The lowest BCUT2D eigenvalue weighted by atomic mass is 10.0. The molecule has 0 N–H and O–H groups in total. The lowest BCUT2D eigenvalue weighted by Gasteiger charge is -2.35. The highest BCUT2D eigenvalue weighted by Crippen LogP contribution is 2.27. The first-order chi connectivity index (χ1) is 15.2. The highest BCUT2D eigenvalue weighted by molar-refractivity contribution is 6.02. The minimum Gasteiger partial charge on any atom is -0.455 e. The van der Waals surface area contributed by atoms with Crippen LogP contribution in [0.4, 0.5) is 5.82 Å². The number of rotatable bonds is 3. The number of piperazine rings is 1. The van der Waals surface area contributed by atoms with Gasteiger partial charge in [0.05, 0.1) is 5.39 Å². The zero-order valence-corrected chi connectivity index (χ0v) is 16.9. The number of amides is 1. The van der Waals surface area contributed by atoms with Crippen LogP contribution in [0.3, 0.4) is 0 Å². The molecule has 0 atom stereocenters. The van der Waals surface area contributed by atoms with E-state index in [0.717, 1.165) is 5.82 Å². The van der Waals surface area contributed by atoms with E-state index in [1.807, 2.05) is 54.6 Å². The van der Waals surface area contributed by atoms with Crippen molar-refractivity contribution in [2.24, 2.45) is 0 Å². The van der Waals surface area contributed by atoms with Gasteiger partial charge in [-0.15, -0.1) is 0 Å². The number of fused-ring (bicyclic) bond motifs is 1. The molecule has 2 aromatic heterocycles. The molecule has 1 saturated heterocycles. The molecule has 0 aliphatic carbocycles. The fraction of sp³-hybridized carbons (Fsp3) is 0.160. The number of para-hydroxylation sites is 1. The molecule has 1 amide bonds. The van der Waals surface area contributed by atoms with Crippen molar-refractivity contribution in [1.82, 2.24) is 9.88 Å². The molecule has 0 radical (unpaired) electrons. The second kappa shape index (κ2) is 8.07. The first-order valence-corrected chi connectivity index (χ1v) is 10.3. The topological polar surface area (TPSA) is 66.7 Å². The third-order valence-corrected chi connectivity index (χ3v) is 5.59. The molecule has 0 spiro atoms. The molecule has 31 heavy (non-hydrogen) atoms. The van der Waals surface area contributed by atoms with Crippen LogP contribution in [0, 0.1) is 0 Å². The Morgan fingerprint density at radius 3 is 2.29 bits per heavy atom. The second-order valence-electron chi connectivity index (χ2n) is 7.46. The second-order valence-corrected chi connectivity index (χ2v) is 7.46. The monoisotopic (exact) mass is 411 g/mol. The Morgan fingerprint density at radius 1 is 0.839 bits per heavy atom. The van der Waals surface area contributed by atoms with Crippen molar-refractivity contribution in [1.29, 1.82) is 0 Å². The average Bonchev–Trinajstić information content (AvgIpc) is 2.85. The minimum absolute atomic E-state index is 0.0937. The molecule has 154 valence electrons. The number of hydrogen-bond donors (Lipinski definition) is 0. The lowest BCUT2D eigenvalue weighted by Crippen LogP contribution is -2.49. The first kappa shape index (κ1) is 19.1. The van der Waals surface area contributed by atoms with E-state index in [1.165, 1.54) is 0 Å². The van der Waals surface area contributed by atoms with E-state index in [9.17, 15) is 9.59 Å². The molecular weight excluding hydrogens is 390 g/mol. The van der Waals surface area contributed by atoms with Gasteiger partial charge in [0.15, 0.2) is 5.76 Å². The molecule has 5 rings (SSSR count). The van der Waals surface area contributed by atoms with Crippen molar-refractivity contribution >= 4 is 22.7 Å². The van der Waals surface area contributed by atoms with Crippen LogP contribution in [-0.2, 0) is 0 Å². The van der Waals surface area contributed by atoms with Crippen molar-refractivity contribution in [3.8, 4) is 11.3 Å². The van der Waals surface area contributed by atoms with E-state index in [1.54, 1.807) is 29.3 Å². The van der Waals surface area contributed by atoms with Crippen LogP contribution < -0.4 is 10.3 Å². The smallest absolute Gasteiger partial charge is 0.261 e. The van der Waals surface area contributed by atoms with Gasteiger partial charge in [-0.1, -0.05) is 48.5 Å². The summed E-state index contributed by atoms with van der Waals surface area (Å²) in [6, 6.07) is 22.2. The number of carbonyl (C=O) groups excluding carboxylic acids is 1. The summed E-state index contributed by atoms with van der Waals surface area (Å²) in [5.74, 6) is 0.922. The van der Waals surface area contributed by atoms with Gasteiger partial charge in [-0.2, -0.15) is 0 Å². The number of anilines is 1. The Morgan fingerprint density at radius 2 is 1.55 bits per heavy atom. The number of pyridine rings is 1. The van der Waals surface area contributed by atoms with Gasteiger partial charge in [0.25, 0.3) is 5.91 Å². The Labute approximate surface area is 179 Å². The first-order valence-electron chi connectivity index (χ1n) is 10.3. The SMILES string of the molecule is O=C(c1c(-c2ccccc2)oc2ccccc2c1=O)N1CCN(c2ccccn2)CC1. The van der Waals surface area contributed by atoms with Gasteiger partial charge in [-0.05, 0) is 24.3 Å². The number of aromatic nitrogens is 1. The summed E-state index contributed by atoms with van der Waals surface area (Å²) < 4.78 is 6.09. The van der Waals surface area contributed by atoms with Crippen LogP contribution in [0.15, 0.2) is 88.2 Å². The Kier molecular flexibility index (Phi) is 4.96. The number of hydrogen-bond acceptors (Lipinski definition) is 5. The molecule has 2 aromatic carbocycles. The Balaban J connectivity index is 1.51. The van der Waals surface area contributed by atoms with Gasteiger partial charge in [-0.25, -0.2) is 4.98 Å². The number of benzene rings is 2. The van der Waals surface area contributed by atoms with Gasteiger partial charge in [0.2, 0.25) is 5.43 Å². The summed E-state index contributed by atoms with van der Waals surface area (Å²) in [6.07, 6.45) is 1.76. The van der Waals surface area contributed by atoms with Crippen LogP contribution in [0.5, 0.6) is 0 Å². The van der Waals surface area contributed by atoms with E-state index in [2.05, 4.69) is 9.88 Å². The van der Waals surface area contributed by atoms with E-state index in [-0.39, 0.29) is 16.9 Å². The lowest BCUT2D eigenvalue weighted by molar-refractivity contribution is 0.0744. The maximum Gasteiger partial charge on any atom is 0.261 e. The molecule has 3 heterocycles. The zero-order valence-electron chi connectivity index (χ0n) is 16.9. The number of nitrogens with zero attached hydrogens (tertiary/aromatic N) is 3. The van der Waals surface area contributed by atoms with Crippen molar-refractivity contribution in [2.45, 2.75) is 0 Å². The average molecular weight is 411 g/mol. The quantitative estimate of drug-likeness (QED) is 0.513. The van der Waals surface area contributed by atoms with Crippen LogP contribution in [-0.4, -0.2) is 42.0 Å². The van der Waals surface area contributed by atoms with Gasteiger partial charge < -0.3 is 14.2 Å².